The van der Waals surface area contributed by atoms with Crippen LogP contribution in [-0.4, -0.2) is 26.8 Å². The average molecular weight is 435 g/mol. The molecule has 0 bridgehead atoms. The topological polar surface area (TPSA) is 101 Å². The Morgan fingerprint density at radius 2 is 2.07 bits per heavy atom. The minimum absolute atomic E-state index is 0.173. The van der Waals surface area contributed by atoms with Crippen molar-refractivity contribution in [1.82, 2.24) is 4.98 Å². The molecule has 1 atom stereocenters. The summed E-state index contributed by atoms with van der Waals surface area (Å²) in [5.74, 6) is -0.968. The van der Waals surface area contributed by atoms with Crippen molar-refractivity contribution >= 4 is 40.1 Å². The largest absolute Gasteiger partial charge is 0.385 e. The Kier molecular flexibility index (Phi) is 5.71. The van der Waals surface area contributed by atoms with Crippen LogP contribution in [0.1, 0.15) is 36.8 Å². The number of nitrogens with one attached hydrogen (secondary N) is 1. The third-order valence-corrected chi connectivity index (χ3v) is 5.66. The average Bonchev–Trinajstić information content (AvgIpc) is 2.62. The van der Waals surface area contributed by atoms with E-state index in [2.05, 4.69) is 15.3 Å². The molecule has 1 aromatic carbocycles. The van der Waals surface area contributed by atoms with Gasteiger partial charge in [-0.1, -0.05) is 23.4 Å². The molecule has 6 nitrogen and oxygen atoms in total. The van der Waals surface area contributed by atoms with Gasteiger partial charge in [0.05, 0.1) is 10.6 Å². The molecule has 0 fully saturated rings. The van der Waals surface area contributed by atoms with Crippen LogP contribution in [-0.2, 0) is 5.54 Å². The van der Waals surface area contributed by atoms with Crippen molar-refractivity contribution in [3.8, 4) is 0 Å². The standard InChI is InChI=1S/C20H20ClFN4O2S/c1-19(2,28)16-9-20(3,26-18(23)29-16)13-8-12(5-6-14(13)22)25-17(27)15-7-4-11(21)10-24-15/h4-10,28H,1-3H3,(H2,23,26)(H,25,27)/t20-/m0/s1. The number of aliphatic hydroxyl groups is 1. The van der Waals surface area contributed by atoms with Crippen molar-refractivity contribution in [2.45, 2.75) is 31.9 Å². The molecule has 1 aromatic heterocycles. The van der Waals surface area contributed by atoms with E-state index in [0.717, 1.165) is 11.8 Å². The molecule has 0 radical (unpaired) electrons. The van der Waals surface area contributed by atoms with E-state index >= 15 is 0 Å². The third-order valence-electron chi connectivity index (χ3n) is 4.30. The second kappa shape index (κ2) is 7.78. The van der Waals surface area contributed by atoms with Gasteiger partial charge in [0.15, 0.2) is 5.17 Å². The number of amidine groups is 1. The van der Waals surface area contributed by atoms with Gasteiger partial charge in [-0.15, -0.1) is 0 Å². The minimum Gasteiger partial charge on any atom is -0.385 e. The summed E-state index contributed by atoms with van der Waals surface area (Å²) in [6.45, 7) is 4.93. The maximum Gasteiger partial charge on any atom is 0.274 e. The molecule has 1 amide bonds. The third kappa shape index (κ3) is 4.77. The summed E-state index contributed by atoms with van der Waals surface area (Å²) in [7, 11) is 0. The van der Waals surface area contributed by atoms with Crippen LogP contribution in [0.15, 0.2) is 52.5 Å². The number of nitrogens with zero attached hydrogens (tertiary/aromatic N) is 2. The highest BCUT2D eigenvalue weighted by atomic mass is 35.5. The highest BCUT2D eigenvalue weighted by molar-refractivity contribution is 8.17. The zero-order valence-corrected chi connectivity index (χ0v) is 17.6. The molecular formula is C20H20ClFN4O2S. The van der Waals surface area contributed by atoms with Crippen LogP contribution in [0.2, 0.25) is 5.02 Å². The minimum atomic E-state index is -1.16. The van der Waals surface area contributed by atoms with Gasteiger partial charge in [-0.05, 0) is 57.2 Å². The molecule has 152 valence electrons. The fourth-order valence-corrected chi connectivity index (χ4v) is 3.93. The van der Waals surface area contributed by atoms with E-state index in [1.807, 2.05) is 0 Å². The van der Waals surface area contributed by atoms with Gasteiger partial charge in [0.1, 0.15) is 17.1 Å². The fraction of sp³-hybridized carbons (Fsp3) is 0.250. The number of pyridine rings is 1. The predicted molar refractivity (Wildman–Crippen MR) is 115 cm³/mol. The number of carbonyl (C=O) groups excluding carboxylic acids is 1. The number of aliphatic imine (C=N–C) groups is 1. The van der Waals surface area contributed by atoms with Crippen LogP contribution < -0.4 is 11.1 Å². The van der Waals surface area contributed by atoms with E-state index in [-0.39, 0.29) is 16.4 Å². The summed E-state index contributed by atoms with van der Waals surface area (Å²) in [5, 5.41) is 13.7. The molecule has 1 aliphatic heterocycles. The molecule has 0 unspecified atom stereocenters. The van der Waals surface area contributed by atoms with Crippen molar-refractivity contribution in [3.63, 3.8) is 0 Å². The van der Waals surface area contributed by atoms with Gasteiger partial charge in [0, 0.05) is 22.4 Å². The van der Waals surface area contributed by atoms with Gasteiger partial charge in [0.25, 0.3) is 5.91 Å². The van der Waals surface area contributed by atoms with Crippen LogP contribution in [0.4, 0.5) is 10.1 Å². The van der Waals surface area contributed by atoms with Gasteiger partial charge >= 0.3 is 0 Å². The summed E-state index contributed by atoms with van der Waals surface area (Å²) >= 11 is 6.93. The number of carbonyl (C=O) groups is 1. The maximum atomic E-state index is 14.7. The lowest BCUT2D eigenvalue weighted by Crippen LogP contribution is -2.32. The summed E-state index contributed by atoms with van der Waals surface area (Å²) < 4.78 is 14.7. The molecule has 0 saturated heterocycles. The Morgan fingerprint density at radius 1 is 1.34 bits per heavy atom. The number of anilines is 1. The summed E-state index contributed by atoms with van der Waals surface area (Å²) in [6.07, 6.45) is 3.05. The molecule has 4 N–H and O–H groups in total. The second-order valence-corrected chi connectivity index (χ2v) is 8.78. The second-order valence-electron chi connectivity index (χ2n) is 7.28. The first-order chi connectivity index (χ1) is 13.5. The number of benzene rings is 1. The smallest absolute Gasteiger partial charge is 0.274 e. The Bertz CT molecular complexity index is 1020. The zero-order chi connectivity index (χ0) is 21.4. The van der Waals surface area contributed by atoms with Crippen LogP contribution in [0.5, 0.6) is 0 Å². The molecule has 9 heteroatoms. The zero-order valence-electron chi connectivity index (χ0n) is 16.0. The Labute approximate surface area is 177 Å². The van der Waals surface area contributed by atoms with Gasteiger partial charge in [-0.25, -0.2) is 14.4 Å². The maximum absolute atomic E-state index is 14.7. The first kappa shape index (κ1) is 21.3. The van der Waals surface area contributed by atoms with E-state index in [9.17, 15) is 14.3 Å². The van der Waals surface area contributed by atoms with Gasteiger partial charge < -0.3 is 16.2 Å². The molecular weight excluding hydrogens is 415 g/mol. The van der Waals surface area contributed by atoms with E-state index in [1.165, 1.54) is 30.5 Å². The van der Waals surface area contributed by atoms with Gasteiger partial charge in [-0.3, -0.25) is 4.79 Å². The van der Waals surface area contributed by atoms with E-state index in [4.69, 9.17) is 17.3 Å². The molecule has 0 aliphatic carbocycles. The quantitative estimate of drug-likeness (QED) is 0.673. The van der Waals surface area contributed by atoms with E-state index < -0.39 is 22.9 Å². The molecule has 29 heavy (non-hydrogen) atoms. The van der Waals surface area contributed by atoms with Crippen molar-refractivity contribution in [2.75, 3.05) is 5.32 Å². The van der Waals surface area contributed by atoms with Crippen LogP contribution in [0.3, 0.4) is 0 Å². The molecule has 1 aliphatic rings. The highest BCUT2D eigenvalue weighted by Gasteiger charge is 2.35. The van der Waals surface area contributed by atoms with Crippen molar-refractivity contribution < 1.29 is 14.3 Å². The van der Waals surface area contributed by atoms with Crippen molar-refractivity contribution in [1.29, 1.82) is 0 Å². The number of nitrogens with two attached hydrogens (primary N) is 1. The van der Waals surface area contributed by atoms with Gasteiger partial charge in [-0.2, -0.15) is 0 Å². The first-order valence-electron chi connectivity index (χ1n) is 8.70. The fourth-order valence-electron chi connectivity index (χ4n) is 2.82. The molecule has 2 aromatic rings. The summed E-state index contributed by atoms with van der Waals surface area (Å²) in [4.78, 5) is 21.3. The van der Waals surface area contributed by atoms with Crippen molar-refractivity contribution in [2.24, 2.45) is 10.7 Å². The highest BCUT2D eigenvalue weighted by Crippen LogP contribution is 2.41. The number of halogens is 2. The lowest BCUT2D eigenvalue weighted by atomic mass is 9.89. The predicted octanol–water partition coefficient (Wildman–Crippen LogP) is 4.06. The Hall–Kier alpha value is -2.42. The Morgan fingerprint density at radius 3 is 2.69 bits per heavy atom. The van der Waals surface area contributed by atoms with Gasteiger partial charge in [0.2, 0.25) is 0 Å². The first-order valence-corrected chi connectivity index (χ1v) is 9.89. The molecule has 2 heterocycles. The van der Waals surface area contributed by atoms with E-state index in [0.29, 0.717) is 15.6 Å². The Balaban J connectivity index is 1.96. The normalized spacial score (nSPS) is 19.4. The van der Waals surface area contributed by atoms with Crippen molar-refractivity contribution in [3.05, 3.63) is 69.6 Å². The molecule has 0 spiro atoms. The number of rotatable bonds is 4. The summed E-state index contributed by atoms with van der Waals surface area (Å²) in [6, 6.07) is 7.23. The number of thioether (sulfide) groups is 1. The van der Waals surface area contributed by atoms with E-state index in [1.54, 1.807) is 32.9 Å². The van der Waals surface area contributed by atoms with Crippen LogP contribution in [0.25, 0.3) is 0 Å². The lowest BCUT2D eigenvalue weighted by molar-refractivity contribution is 0.102. The summed E-state index contributed by atoms with van der Waals surface area (Å²) in [5.41, 5.74) is 4.39. The SMILES string of the molecule is CC(C)(O)C1=C[C@@](C)(c2cc(NC(=O)c3ccc(Cl)cn3)ccc2F)N=C(N)S1. The number of hydrogen-bond acceptors (Lipinski definition) is 6. The number of hydrogen-bond donors (Lipinski definition) is 3. The van der Waals surface area contributed by atoms with Crippen LogP contribution >= 0.6 is 23.4 Å². The van der Waals surface area contributed by atoms with Crippen LogP contribution in [0, 0.1) is 5.82 Å². The number of amides is 1. The lowest BCUT2D eigenvalue weighted by Gasteiger charge is -2.32. The monoisotopic (exact) mass is 434 g/mol. The molecule has 3 rings (SSSR count). The molecule has 0 saturated carbocycles. The number of aromatic nitrogens is 1.